The van der Waals surface area contributed by atoms with E-state index in [4.69, 9.17) is 5.11 Å². The fourth-order valence-corrected chi connectivity index (χ4v) is 1.94. The highest BCUT2D eigenvalue weighted by Crippen LogP contribution is 2.19. The van der Waals surface area contributed by atoms with Crippen LogP contribution in [0.3, 0.4) is 0 Å². The number of carbonyl (C=O) groups excluding carboxylic acids is 1. The Morgan fingerprint density at radius 1 is 1.26 bits per heavy atom. The van der Waals surface area contributed by atoms with Gasteiger partial charge in [-0.3, -0.25) is 9.59 Å². The third-order valence-electron chi connectivity index (χ3n) is 3.56. The third kappa shape index (κ3) is 4.64. The van der Waals surface area contributed by atoms with Crippen molar-refractivity contribution in [3.63, 3.8) is 0 Å². The van der Waals surface area contributed by atoms with Gasteiger partial charge in [0.25, 0.3) is 0 Å². The molecule has 0 aliphatic carbocycles. The van der Waals surface area contributed by atoms with E-state index in [0.717, 1.165) is 5.56 Å². The number of aliphatic carboxylic acids is 1. The van der Waals surface area contributed by atoms with Gasteiger partial charge in [0.05, 0.1) is 11.6 Å². The zero-order valence-corrected chi connectivity index (χ0v) is 13.2. The van der Waals surface area contributed by atoms with E-state index in [9.17, 15) is 9.59 Å². The van der Waals surface area contributed by atoms with E-state index in [1.807, 2.05) is 30.3 Å². The maximum Gasteiger partial charge on any atom is 0.309 e. The predicted octanol–water partition coefficient (Wildman–Crippen LogP) is 1.56. The monoisotopic (exact) mass is 316 g/mol. The molecule has 0 radical (unpaired) electrons. The average molecular weight is 316 g/mol. The first-order chi connectivity index (χ1) is 10.9. The second-order valence-corrected chi connectivity index (χ2v) is 5.96. The molecular formula is C16H20N4O3. The van der Waals surface area contributed by atoms with Gasteiger partial charge in [0.15, 0.2) is 0 Å². The Kier molecular flexibility index (Phi) is 5.10. The number of amides is 1. The molecule has 1 aromatic carbocycles. The maximum atomic E-state index is 11.9. The van der Waals surface area contributed by atoms with Crippen LogP contribution in [0, 0.1) is 5.41 Å². The molecule has 1 aromatic heterocycles. The van der Waals surface area contributed by atoms with E-state index < -0.39 is 11.4 Å². The summed E-state index contributed by atoms with van der Waals surface area (Å²) in [5, 5.41) is 19.7. The van der Waals surface area contributed by atoms with Crippen molar-refractivity contribution in [2.45, 2.75) is 26.8 Å². The molecular weight excluding hydrogens is 296 g/mol. The quantitative estimate of drug-likeness (QED) is 0.808. The van der Waals surface area contributed by atoms with E-state index in [-0.39, 0.29) is 12.5 Å². The van der Waals surface area contributed by atoms with Crippen LogP contribution in [0.4, 0.5) is 0 Å². The summed E-state index contributed by atoms with van der Waals surface area (Å²) < 4.78 is 1.46. The first kappa shape index (κ1) is 16.7. The van der Waals surface area contributed by atoms with Gasteiger partial charge in [-0.2, -0.15) is 0 Å². The van der Waals surface area contributed by atoms with Crippen LogP contribution < -0.4 is 5.32 Å². The summed E-state index contributed by atoms with van der Waals surface area (Å²) in [5.74, 6) is -1.11. The van der Waals surface area contributed by atoms with Crippen LogP contribution in [-0.4, -0.2) is 38.5 Å². The van der Waals surface area contributed by atoms with Crippen molar-refractivity contribution in [3.05, 3.63) is 36.5 Å². The fourth-order valence-electron chi connectivity index (χ4n) is 1.94. The highest BCUT2D eigenvalue weighted by Gasteiger charge is 2.26. The zero-order chi connectivity index (χ0) is 16.9. The number of rotatable bonds is 7. The molecule has 23 heavy (non-hydrogen) atoms. The van der Waals surface area contributed by atoms with Gasteiger partial charge in [-0.05, 0) is 20.3 Å². The number of hydrogen-bond donors (Lipinski definition) is 2. The van der Waals surface area contributed by atoms with Gasteiger partial charge in [-0.15, -0.1) is 5.10 Å². The minimum absolute atomic E-state index is 0.0489. The molecule has 1 heterocycles. The summed E-state index contributed by atoms with van der Waals surface area (Å²) in [6.07, 6.45) is 2.07. The highest BCUT2D eigenvalue weighted by molar-refractivity contribution is 5.76. The summed E-state index contributed by atoms with van der Waals surface area (Å²) in [6, 6.07) is 9.57. The van der Waals surface area contributed by atoms with Gasteiger partial charge < -0.3 is 10.4 Å². The molecule has 1 amide bonds. The fraction of sp³-hybridized carbons (Fsp3) is 0.375. The molecule has 0 saturated carbocycles. The largest absolute Gasteiger partial charge is 0.481 e. The van der Waals surface area contributed by atoms with Crippen LogP contribution in [0.2, 0.25) is 0 Å². The summed E-state index contributed by atoms with van der Waals surface area (Å²) in [6.45, 7) is 3.61. The maximum absolute atomic E-state index is 11.9. The lowest BCUT2D eigenvalue weighted by Gasteiger charge is -2.18. The lowest BCUT2D eigenvalue weighted by atomic mass is 9.90. The van der Waals surface area contributed by atoms with Gasteiger partial charge in [-0.1, -0.05) is 35.5 Å². The Morgan fingerprint density at radius 2 is 1.96 bits per heavy atom. The number of carbonyl (C=O) groups is 2. The highest BCUT2D eigenvalue weighted by atomic mass is 16.4. The first-order valence-corrected chi connectivity index (χ1v) is 7.34. The molecule has 0 aliphatic heterocycles. The predicted molar refractivity (Wildman–Crippen MR) is 84.5 cm³/mol. The number of nitrogens with zero attached hydrogens (tertiary/aromatic N) is 3. The minimum Gasteiger partial charge on any atom is -0.481 e. The van der Waals surface area contributed by atoms with E-state index in [0.29, 0.717) is 18.7 Å². The number of carboxylic acid groups (broad SMARTS) is 1. The number of carboxylic acids is 1. The average Bonchev–Trinajstić information content (AvgIpc) is 2.96. The second kappa shape index (κ2) is 7.04. The van der Waals surface area contributed by atoms with Crippen molar-refractivity contribution in [2.75, 3.05) is 6.54 Å². The molecule has 0 aliphatic rings. The van der Waals surface area contributed by atoms with E-state index in [2.05, 4.69) is 15.6 Å². The van der Waals surface area contributed by atoms with Gasteiger partial charge in [0.2, 0.25) is 5.91 Å². The van der Waals surface area contributed by atoms with E-state index >= 15 is 0 Å². The summed E-state index contributed by atoms with van der Waals surface area (Å²) >= 11 is 0. The lowest BCUT2D eigenvalue weighted by Crippen LogP contribution is -2.33. The Bertz CT molecular complexity index is 680. The van der Waals surface area contributed by atoms with Crippen molar-refractivity contribution in [2.24, 2.45) is 5.41 Å². The molecule has 0 atom stereocenters. The number of aromatic nitrogens is 3. The van der Waals surface area contributed by atoms with E-state index in [1.165, 1.54) is 4.68 Å². The van der Waals surface area contributed by atoms with Crippen molar-refractivity contribution in [1.29, 1.82) is 0 Å². The van der Waals surface area contributed by atoms with Gasteiger partial charge >= 0.3 is 5.97 Å². The van der Waals surface area contributed by atoms with Crippen LogP contribution in [0.5, 0.6) is 0 Å². The smallest absolute Gasteiger partial charge is 0.309 e. The Balaban J connectivity index is 1.85. The standard InChI is InChI=1S/C16H20N4O3/c1-16(2,15(22)23)8-9-17-14(21)11-20-10-13(18-19-20)12-6-4-3-5-7-12/h3-7,10H,8-9,11H2,1-2H3,(H,17,21)(H,22,23). The molecule has 122 valence electrons. The van der Waals surface area contributed by atoms with Gasteiger partial charge in [0, 0.05) is 12.1 Å². The molecule has 0 spiro atoms. The van der Waals surface area contributed by atoms with Crippen molar-refractivity contribution < 1.29 is 14.7 Å². The zero-order valence-electron chi connectivity index (χ0n) is 13.2. The Morgan fingerprint density at radius 3 is 2.61 bits per heavy atom. The van der Waals surface area contributed by atoms with Crippen LogP contribution in [0.1, 0.15) is 20.3 Å². The van der Waals surface area contributed by atoms with Crippen molar-refractivity contribution in [3.8, 4) is 11.3 Å². The Hall–Kier alpha value is -2.70. The summed E-state index contributed by atoms with van der Waals surface area (Å²) in [7, 11) is 0. The number of benzene rings is 1. The van der Waals surface area contributed by atoms with Gasteiger partial charge in [0.1, 0.15) is 12.2 Å². The topological polar surface area (TPSA) is 97.1 Å². The molecule has 7 nitrogen and oxygen atoms in total. The Labute approximate surface area is 134 Å². The van der Waals surface area contributed by atoms with Gasteiger partial charge in [-0.25, -0.2) is 4.68 Å². The second-order valence-electron chi connectivity index (χ2n) is 5.96. The molecule has 0 unspecified atom stereocenters. The molecule has 7 heteroatoms. The molecule has 0 bridgehead atoms. The molecule has 2 N–H and O–H groups in total. The number of nitrogens with one attached hydrogen (secondary N) is 1. The van der Waals surface area contributed by atoms with Crippen LogP contribution >= 0.6 is 0 Å². The summed E-state index contributed by atoms with van der Waals surface area (Å²) in [5.41, 5.74) is 0.772. The van der Waals surface area contributed by atoms with Crippen LogP contribution in [0.15, 0.2) is 36.5 Å². The van der Waals surface area contributed by atoms with Crippen molar-refractivity contribution in [1.82, 2.24) is 20.3 Å². The van der Waals surface area contributed by atoms with Crippen molar-refractivity contribution >= 4 is 11.9 Å². The molecule has 2 rings (SSSR count). The van der Waals surface area contributed by atoms with E-state index in [1.54, 1.807) is 20.0 Å². The molecule has 2 aromatic rings. The molecule has 0 saturated heterocycles. The first-order valence-electron chi connectivity index (χ1n) is 7.34. The SMILES string of the molecule is CC(C)(CCNC(=O)Cn1cc(-c2ccccc2)nn1)C(=O)O. The molecule has 0 fully saturated rings. The normalized spacial score (nSPS) is 11.2. The van der Waals surface area contributed by atoms with Crippen LogP contribution in [0.25, 0.3) is 11.3 Å². The number of hydrogen-bond acceptors (Lipinski definition) is 4. The summed E-state index contributed by atoms with van der Waals surface area (Å²) in [4.78, 5) is 22.9. The lowest BCUT2D eigenvalue weighted by molar-refractivity contribution is -0.147. The van der Waals surface area contributed by atoms with Crippen LogP contribution in [-0.2, 0) is 16.1 Å². The third-order valence-corrected chi connectivity index (χ3v) is 3.56. The minimum atomic E-state index is -0.879.